The molecule has 1 aliphatic carbocycles. The van der Waals surface area contributed by atoms with Crippen LogP contribution in [0.3, 0.4) is 0 Å². The first-order valence-corrected chi connectivity index (χ1v) is 12.0. The number of ether oxygens (including phenoxy) is 3. The Bertz CT molecular complexity index is 1370. The number of nitrogens with one attached hydrogen (secondary N) is 1. The van der Waals surface area contributed by atoms with Gasteiger partial charge in [-0.3, -0.25) is 4.79 Å². The highest BCUT2D eigenvalue weighted by Crippen LogP contribution is 2.36. The van der Waals surface area contributed by atoms with Crippen molar-refractivity contribution in [3.05, 3.63) is 90.0 Å². The van der Waals surface area contributed by atoms with Crippen molar-refractivity contribution in [3.63, 3.8) is 0 Å². The fourth-order valence-corrected chi connectivity index (χ4v) is 4.88. The van der Waals surface area contributed by atoms with E-state index in [0.29, 0.717) is 17.9 Å². The smallest absolute Gasteiger partial charge is 0.252 e. The van der Waals surface area contributed by atoms with Crippen molar-refractivity contribution in [2.24, 2.45) is 0 Å². The molecule has 0 bridgehead atoms. The molecule has 6 rings (SSSR count). The van der Waals surface area contributed by atoms with Gasteiger partial charge in [0.2, 0.25) is 6.79 Å². The number of para-hydroxylation sites is 1. The first kappa shape index (κ1) is 21.6. The highest BCUT2D eigenvalue weighted by Gasteiger charge is 2.30. The second kappa shape index (κ2) is 9.39. The Kier molecular flexibility index (Phi) is 5.80. The van der Waals surface area contributed by atoms with Gasteiger partial charge in [-0.15, -0.1) is 0 Å². The normalized spacial score (nSPS) is 18.6. The maximum Gasteiger partial charge on any atom is 0.252 e. The number of amides is 1. The Hall–Kier alpha value is -3.90. The zero-order valence-corrected chi connectivity index (χ0v) is 19.3. The summed E-state index contributed by atoms with van der Waals surface area (Å²) in [7, 11) is 0. The van der Waals surface area contributed by atoms with E-state index in [4.69, 9.17) is 19.2 Å². The van der Waals surface area contributed by atoms with Gasteiger partial charge >= 0.3 is 0 Å². The summed E-state index contributed by atoms with van der Waals surface area (Å²) in [5.74, 6) is 1.30. The number of fused-ring (bicyclic) bond motifs is 2. The summed E-state index contributed by atoms with van der Waals surface area (Å²) in [6.07, 6.45) is 2.88. The largest absolute Gasteiger partial charge is 0.454 e. The summed E-state index contributed by atoms with van der Waals surface area (Å²) in [5.41, 5.74) is 4.11. The molecule has 1 aromatic heterocycles. The van der Waals surface area contributed by atoms with Crippen molar-refractivity contribution in [1.82, 2.24) is 10.3 Å². The van der Waals surface area contributed by atoms with Gasteiger partial charge < -0.3 is 19.5 Å². The highest BCUT2D eigenvalue weighted by atomic mass is 16.7. The standard InChI is InChI=1S/C29H26N2O4/c32-29(31-24-11-6-12-26(24)33-17-19-7-2-1-3-8-19)22-16-25(30-23-10-5-4-9-21(22)23)20-13-14-27-28(15-20)35-18-34-27/h1-5,7-10,13-16,24,26H,6,11-12,17-18H2,(H,31,32)/t24-,26+/m1/s1. The van der Waals surface area contributed by atoms with Crippen LogP contribution in [0.4, 0.5) is 0 Å². The van der Waals surface area contributed by atoms with Crippen molar-refractivity contribution in [2.75, 3.05) is 6.79 Å². The molecule has 1 N–H and O–H groups in total. The van der Waals surface area contributed by atoms with Gasteiger partial charge in [-0.1, -0.05) is 48.5 Å². The van der Waals surface area contributed by atoms with E-state index < -0.39 is 0 Å². The van der Waals surface area contributed by atoms with E-state index in [-0.39, 0.29) is 24.8 Å². The van der Waals surface area contributed by atoms with Crippen LogP contribution in [0.1, 0.15) is 35.2 Å². The highest BCUT2D eigenvalue weighted by molar-refractivity contribution is 6.07. The lowest BCUT2D eigenvalue weighted by molar-refractivity contribution is 0.0272. The fourth-order valence-electron chi connectivity index (χ4n) is 4.88. The maximum atomic E-state index is 13.6. The molecular weight excluding hydrogens is 440 g/mol. The van der Waals surface area contributed by atoms with Gasteiger partial charge in [-0.05, 0) is 55.2 Å². The number of nitrogens with zero attached hydrogens (tertiary/aromatic N) is 1. The number of rotatable bonds is 6. The number of carbonyl (C=O) groups is 1. The van der Waals surface area contributed by atoms with Gasteiger partial charge in [0.1, 0.15) is 0 Å². The Morgan fingerprint density at radius 1 is 0.943 bits per heavy atom. The van der Waals surface area contributed by atoms with E-state index in [1.807, 2.05) is 66.7 Å². The van der Waals surface area contributed by atoms with Crippen LogP contribution in [0.15, 0.2) is 78.9 Å². The van der Waals surface area contributed by atoms with Crippen LogP contribution < -0.4 is 14.8 Å². The van der Waals surface area contributed by atoms with Crippen molar-refractivity contribution in [2.45, 2.75) is 38.0 Å². The molecule has 0 saturated heterocycles. The predicted molar refractivity (Wildman–Crippen MR) is 133 cm³/mol. The van der Waals surface area contributed by atoms with E-state index in [0.717, 1.165) is 52.7 Å². The molecular formula is C29H26N2O4. The van der Waals surface area contributed by atoms with Crippen LogP contribution >= 0.6 is 0 Å². The monoisotopic (exact) mass is 466 g/mol. The first-order chi connectivity index (χ1) is 17.2. The maximum absolute atomic E-state index is 13.6. The van der Waals surface area contributed by atoms with Gasteiger partial charge in [0, 0.05) is 10.9 Å². The lowest BCUT2D eigenvalue weighted by Gasteiger charge is -2.22. The lowest BCUT2D eigenvalue weighted by Crippen LogP contribution is -2.41. The zero-order chi connectivity index (χ0) is 23.6. The van der Waals surface area contributed by atoms with Crippen LogP contribution in [-0.2, 0) is 11.3 Å². The average Bonchev–Trinajstić information content (AvgIpc) is 3.56. The van der Waals surface area contributed by atoms with Gasteiger partial charge in [0.25, 0.3) is 5.91 Å². The minimum atomic E-state index is -0.106. The van der Waals surface area contributed by atoms with E-state index in [2.05, 4.69) is 17.4 Å². The summed E-state index contributed by atoms with van der Waals surface area (Å²) in [5, 5.41) is 4.09. The van der Waals surface area contributed by atoms with E-state index in [1.54, 1.807) is 0 Å². The molecule has 6 heteroatoms. The molecule has 1 fully saturated rings. The van der Waals surface area contributed by atoms with Gasteiger partial charge in [0.05, 0.1) is 35.5 Å². The average molecular weight is 467 g/mol. The second-order valence-corrected chi connectivity index (χ2v) is 8.99. The molecule has 2 aliphatic rings. The molecule has 2 atom stereocenters. The Labute approximate surface area is 203 Å². The van der Waals surface area contributed by atoms with Crippen molar-refractivity contribution < 1.29 is 19.0 Å². The lowest BCUT2D eigenvalue weighted by atomic mass is 10.0. The summed E-state index contributed by atoms with van der Waals surface area (Å²) >= 11 is 0. The van der Waals surface area contributed by atoms with Crippen LogP contribution in [-0.4, -0.2) is 29.8 Å². The molecule has 6 nitrogen and oxygen atoms in total. The topological polar surface area (TPSA) is 69.7 Å². The molecule has 1 saturated carbocycles. The minimum Gasteiger partial charge on any atom is -0.454 e. The SMILES string of the molecule is O=C(N[C@@H]1CCC[C@@H]1OCc1ccccc1)c1cc(-c2ccc3c(c2)OCO3)nc2ccccc12. The molecule has 0 unspecified atom stereocenters. The number of benzene rings is 3. The van der Waals surface area contributed by atoms with Crippen LogP contribution in [0.5, 0.6) is 11.5 Å². The Morgan fingerprint density at radius 3 is 2.69 bits per heavy atom. The molecule has 35 heavy (non-hydrogen) atoms. The van der Waals surface area contributed by atoms with Crippen LogP contribution in [0.2, 0.25) is 0 Å². The predicted octanol–water partition coefficient (Wildman–Crippen LogP) is 5.50. The number of hydrogen-bond acceptors (Lipinski definition) is 5. The number of pyridine rings is 1. The summed E-state index contributed by atoms with van der Waals surface area (Å²) in [6.45, 7) is 0.761. The van der Waals surface area contributed by atoms with Crippen molar-refractivity contribution >= 4 is 16.8 Å². The molecule has 4 aromatic rings. The molecule has 1 aliphatic heterocycles. The number of hydrogen-bond donors (Lipinski definition) is 1. The summed E-state index contributed by atoms with van der Waals surface area (Å²) in [6, 6.07) is 25.5. The van der Waals surface area contributed by atoms with Crippen molar-refractivity contribution in [3.8, 4) is 22.8 Å². The van der Waals surface area contributed by atoms with E-state index in [1.165, 1.54) is 0 Å². The third kappa shape index (κ3) is 4.45. The summed E-state index contributed by atoms with van der Waals surface area (Å²) in [4.78, 5) is 18.4. The van der Waals surface area contributed by atoms with Gasteiger partial charge in [-0.2, -0.15) is 0 Å². The van der Waals surface area contributed by atoms with E-state index >= 15 is 0 Å². The van der Waals surface area contributed by atoms with Gasteiger partial charge in [0.15, 0.2) is 11.5 Å². The first-order valence-electron chi connectivity index (χ1n) is 12.0. The second-order valence-electron chi connectivity index (χ2n) is 8.99. The van der Waals surface area contributed by atoms with Gasteiger partial charge in [-0.25, -0.2) is 4.98 Å². The molecule has 0 radical (unpaired) electrons. The third-order valence-electron chi connectivity index (χ3n) is 6.71. The molecule has 1 amide bonds. The molecule has 3 aromatic carbocycles. The Balaban J connectivity index is 1.26. The third-order valence-corrected chi connectivity index (χ3v) is 6.71. The zero-order valence-electron chi connectivity index (χ0n) is 19.3. The van der Waals surface area contributed by atoms with Crippen molar-refractivity contribution in [1.29, 1.82) is 0 Å². The van der Waals surface area contributed by atoms with Crippen LogP contribution in [0, 0.1) is 0 Å². The minimum absolute atomic E-state index is 0.000544. The van der Waals surface area contributed by atoms with E-state index in [9.17, 15) is 4.79 Å². The summed E-state index contributed by atoms with van der Waals surface area (Å²) < 4.78 is 17.2. The quantitative estimate of drug-likeness (QED) is 0.406. The number of carbonyl (C=O) groups excluding carboxylic acids is 1. The fraction of sp³-hybridized carbons (Fsp3) is 0.241. The molecule has 176 valence electrons. The van der Waals surface area contributed by atoms with Crippen LogP contribution in [0.25, 0.3) is 22.2 Å². The molecule has 0 spiro atoms. The Morgan fingerprint density at radius 2 is 1.77 bits per heavy atom. The number of aromatic nitrogens is 1. The molecule has 2 heterocycles.